The van der Waals surface area contributed by atoms with Gasteiger partial charge in [0.2, 0.25) is 11.6 Å². The highest BCUT2D eigenvalue weighted by Gasteiger charge is 2.34. The van der Waals surface area contributed by atoms with Gasteiger partial charge >= 0.3 is 0 Å². The van der Waals surface area contributed by atoms with Crippen LogP contribution in [-0.4, -0.2) is 11.6 Å². The molecule has 24 heavy (non-hydrogen) atoms. The van der Waals surface area contributed by atoms with Crippen molar-refractivity contribution in [1.29, 1.82) is 0 Å². The van der Waals surface area contributed by atoms with Gasteiger partial charge < -0.3 is 18.9 Å². The molecule has 2 aliphatic heterocycles. The Labute approximate surface area is 142 Å². The van der Waals surface area contributed by atoms with Crippen molar-refractivity contribution in [3.8, 4) is 34.1 Å². The van der Waals surface area contributed by atoms with E-state index in [1.54, 1.807) is 0 Å². The van der Waals surface area contributed by atoms with Crippen molar-refractivity contribution in [2.24, 2.45) is 0 Å². The van der Waals surface area contributed by atoms with Crippen LogP contribution in [0.5, 0.6) is 23.0 Å². The molecule has 0 spiro atoms. The van der Waals surface area contributed by atoms with E-state index in [0.717, 1.165) is 45.3 Å². The Morgan fingerprint density at radius 3 is 1.17 bits per heavy atom. The lowest BCUT2D eigenvalue weighted by molar-refractivity contribution is -0.0437. The van der Waals surface area contributed by atoms with Gasteiger partial charge in [0.25, 0.3) is 0 Å². The highest BCUT2D eigenvalue weighted by atomic mass is 16.7. The molecule has 0 fully saturated rings. The van der Waals surface area contributed by atoms with Gasteiger partial charge in [-0.3, -0.25) is 0 Å². The number of benzene rings is 2. The summed E-state index contributed by atoms with van der Waals surface area (Å²) in [6.07, 6.45) is 0. The molecule has 2 aromatic carbocycles. The van der Waals surface area contributed by atoms with Gasteiger partial charge in [-0.25, -0.2) is 0 Å². The van der Waals surface area contributed by atoms with Crippen molar-refractivity contribution in [3.63, 3.8) is 0 Å². The lowest BCUT2D eigenvalue weighted by Crippen LogP contribution is -2.29. The van der Waals surface area contributed by atoms with Crippen LogP contribution in [0, 0.1) is 13.8 Å². The van der Waals surface area contributed by atoms with E-state index in [1.807, 2.05) is 39.8 Å². The molecule has 0 amide bonds. The Kier molecular flexibility index (Phi) is 2.91. The third-order valence-corrected chi connectivity index (χ3v) is 4.29. The summed E-state index contributed by atoms with van der Waals surface area (Å²) < 4.78 is 23.5. The number of rotatable bonds is 1. The van der Waals surface area contributed by atoms with E-state index in [1.165, 1.54) is 0 Å². The summed E-state index contributed by atoms with van der Waals surface area (Å²) in [5.41, 5.74) is 4.50. The zero-order valence-corrected chi connectivity index (χ0v) is 14.9. The van der Waals surface area contributed by atoms with Crippen LogP contribution in [0.2, 0.25) is 0 Å². The predicted octanol–water partition coefficient (Wildman–Crippen LogP) is 4.99. The molecule has 0 N–H and O–H groups in total. The second kappa shape index (κ2) is 4.59. The Hall–Kier alpha value is -2.36. The molecular weight excluding hydrogens is 304 g/mol. The van der Waals surface area contributed by atoms with Crippen molar-refractivity contribution in [1.82, 2.24) is 0 Å². The van der Waals surface area contributed by atoms with Gasteiger partial charge in [-0.15, -0.1) is 0 Å². The molecule has 0 aliphatic carbocycles. The first kappa shape index (κ1) is 15.2. The Bertz CT molecular complexity index is 778. The molecule has 0 bridgehead atoms. The molecular formula is C20H22O4. The molecule has 2 heterocycles. The zero-order chi connectivity index (χ0) is 17.3. The fourth-order valence-electron chi connectivity index (χ4n) is 3.32. The first-order valence-corrected chi connectivity index (χ1v) is 8.19. The lowest BCUT2D eigenvalue weighted by atomic mass is 9.95. The Morgan fingerprint density at radius 1 is 0.542 bits per heavy atom. The highest BCUT2D eigenvalue weighted by molar-refractivity contribution is 5.76. The molecule has 4 heteroatoms. The van der Waals surface area contributed by atoms with Crippen molar-refractivity contribution < 1.29 is 18.9 Å². The average molecular weight is 326 g/mol. The average Bonchev–Trinajstić information content (AvgIpc) is 2.89. The van der Waals surface area contributed by atoms with Crippen LogP contribution in [0.25, 0.3) is 11.1 Å². The minimum atomic E-state index is -0.624. The van der Waals surface area contributed by atoms with E-state index in [-0.39, 0.29) is 0 Å². The van der Waals surface area contributed by atoms with Gasteiger partial charge in [-0.05, 0) is 60.4 Å². The van der Waals surface area contributed by atoms with E-state index in [0.29, 0.717) is 0 Å². The monoisotopic (exact) mass is 326 g/mol. The molecule has 0 saturated heterocycles. The van der Waals surface area contributed by atoms with Crippen LogP contribution >= 0.6 is 0 Å². The molecule has 126 valence electrons. The molecule has 2 aromatic rings. The summed E-state index contributed by atoms with van der Waals surface area (Å²) in [6, 6.07) is 8.17. The fourth-order valence-corrected chi connectivity index (χ4v) is 3.32. The zero-order valence-electron chi connectivity index (χ0n) is 14.9. The molecule has 0 aromatic heterocycles. The van der Waals surface area contributed by atoms with Gasteiger partial charge in [0.15, 0.2) is 23.0 Å². The van der Waals surface area contributed by atoms with E-state index in [2.05, 4.69) is 26.0 Å². The number of ether oxygens (including phenoxy) is 4. The van der Waals surface area contributed by atoms with Crippen LogP contribution in [0.15, 0.2) is 24.3 Å². The van der Waals surface area contributed by atoms with Gasteiger partial charge in [0, 0.05) is 27.7 Å². The third-order valence-electron chi connectivity index (χ3n) is 4.29. The van der Waals surface area contributed by atoms with E-state index in [9.17, 15) is 0 Å². The normalized spacial score (nSPS) is 18.8. The molecule has 0 atom stereocenters. The van der Waals surface area contributed by atoms with Crippen LogP contribution < -0.4 is 18.9 Å². The lowest BCUT2D eigenvalue weighted by Gasteiger charge is -2.16. The maximum absolute atomic E-state index is 5.90. The van der Waals surface area contributed by atoms with Gasteiger partial charge in [-0.1, -0.05) is 0 Å². The molecule has 4 rings (SSSR count). The number of fused-ring (bicyclic) bond motifs is 2. The summed E-state index contributed by atoms with van der Waals surface area (Å²) in [5.74, 6) is 1.89. The summed E-state index contributed by atoms with van der Waals surface area (Å²) in [7, 11) is 0. The SMILES string of the molecule is Cc1cc2c(cc1-c1cc3c(cc1C)OC(C)(C)O3)OC(C)(C)O2. The quantitative estimate of drug-likeness (QED) is 0.740. The minimum absolute atomic E-state index is 0.624. The first-order chi connectivity index (χ1) is 11.1. The van der Waals surface area contributed by atoms with Crippen LogP contribution in [0.3, 0.4) is 0 Å². The summed E-state index contributed by atoms with van der Waals surface area (Å²) in [5, 5.41) is 0. The Morgan fingerprint density at radius 2 is 0.833 bits per heavy atom. The molecule has 0 saturated carbocycles. The summed E-state index contributed by atoms with van der Waals surface area (Å²) in [6.45, 7) is 11.8. The van der Waals surface area contributed by atoms with Gasteiger partial charge in [0.05, 0.1) is 0 Å². The van der Waals surface area contributed by atoms with E-state index < -0.39 is 11.6 Å². The van der Waals surface area contributed by atoms with E-state index in [4.69, 9.17) is 18.9 Å². The fraction of sp³-hybridized carbons (Fsp3) is 0.400. The van der Waals surface area contributed by atoms with Gasteiger partial charge in [0.1, 0.15) is 0 Å². The minimum Gasteiger partial charge on any atom is -0.449 e. The van der Waals surface area contributed by atoms with Crippen LogP contribution in [0.1, 0.15) is 38.8 Å². The largest absolute Gasteiger partial charge is 0.449 e. The van der Waals surface area contributed by atoms with Gasteiger partial charge in [-0.2, -0.15) is 0 Å². The molecule has 2 aliphatic rings. The van der Waals surface area contributed by atoms with Crippen molar-refractivity contribution in [3.05, 3.63) is 35.4 Å². The Balaban J connectivity index is 1.82. The number of aryl methyl sites for hydroxylation is 2. The standard InChI is InChI=1S/C20H22O4/c1-11-7-15-17(23-19(3,4)21-15)9-13(11)14-10-18-16(8-12(14)2)22-20(5,6)24-18/h7-10H,1-6H3. The molecule has 0 unspecified atom stereocenters. The number of hydrogen-bond acceptors (Lipinski definition) is 4. The van der Waals surface area contributed by atoms with Crippen molar-refractivity contribution in [2.45, 2.75) is 53.1 Å². The second-order valence-electron chi connectivity index (χ2n) is 7.44. The second-order valence-corrected chi connectivity index (χ2v) is 7.44. The van der Waals surface area contributed by atoms with Crippen LogP contribution in [0.4, 0.5) is 0 Å². The topological polar surface area (TPSA) is 36.9 Å². The maximum atomic E-state index is 5.90. The predicted molar refractivity (Wildman–Crippen MR) is 92.0 cm³/mol. The number of hydrogen-bond donors (Lipinski definition) is 0. The third kappa shape index (κ3) is 2.37. The molecule has 4 nitrogen and oxygen atoms in total. The highest BCUT2D eigenvalue weighted by Crippen LogP contribution is 2.47. The summed E-state index contributed by atoms with van der Waals surface area (Å²) in [4.78, 5) is 0. The van der Waals surface area contributed by atoms with E-state index >= 15 is 0 Å². The maximum Gasteiger partial charge on any atom is 0.246 e. The molecule has 0 radical (unpaired) electrons. The van der Waals surface area contributed by atoms with Crippen LogP contribution in [-0.2, 0) is 0 Å². The van der Waals surface area contributed by atoms with Crippen molar-refractivity contribution >= 4 is 0 Å². The smallest absolute Gasteiger partial charge is 0.246 e. The first-order valence-electron chi connectivity index (χ1n) is 8.19. The summed E-state index contributed by atoms with van der Waals surface area (Å²) >= 11 is 0. The van der Waals surface area contributed by atoms with Crippen molar-refractivity contribution in [2.75, 3.05) is 0 Å².